The Bertz CT molecular complexity index is 638. The van der Waals surface area contributed by atoms with Crippen LogP contribution in [-0.4, -0.2) is 47.9 Å². The van der Waals surface area contributed by atoms with Gasteiger partial charge in [-0.25, -0.2) is 9.97 Å². The van der Waals surface area contributed by atoms with E-state index in [1.54, 1.807) is 0 Å². The summed E-state index contributed by atoms with van der Waals surface area (Å²) in [6, 6.07) is 9.62. The Kier molecular flexibility index (Phi) is 5.27. The van der Waals surface area contributed by atoms with Crippen molar-refractivity contribution in [3.8, 4) is 0 Å². The van der Waals surface area contributed by atoms with Gasteiger partial charge in [-0.15, -0.1) is 0 Å². The molecule has 0 amide bonds. The molecular weight excluding hydrogens is 316 g/mol. The summed E-state index contributed by atoms with van der Waals surface area (Å²) in [7, 11) is 0. The molecule has 0 unspecified atom stereocenters. The van der Waals surface area contributed by atoms with Crippen LogP contribution < -0.4 is 10.2 Å². The zero-order chi connectivity index (χ0) is 16.1. The highest BCUT2D eigenvalue weighted by molar-refractivity contribution is 6.30. The topological polar surface area (TPSA) is 70.5 Å². The molecule has 1 fully saturated rings. The van der Waals surface area contributed by atoms with Crippen LogP contribution in [0.5, 0.6) is 0 Å². The van der Waals surface area contributed by atoms with E-state index in [1.165, 1.54) is 6.33 Å². The maximum atomic E-state index is 8.88. The van der Waals surface area contributed by atoms with Gasteiger partial charge in [0.1, 0.15) is 24.1 Å². The summed E-state index contributed by atoms with van der Waals surface area (Å²) in [5.41, 5.74) is 1.10. The van der Waals surface area contributed by atoms with Crippen LogP contribution in [0.15, 0.2) is 36.7 Å². The van der Waals surface area contributed by atoms with Crippen LogP contribution in [0, 0.1) is 0 Å². The van der Waals surface area contributed by atoms with Crippen LogP contribution in [0.25, 0.3) is 0 Å². The number of halogens is 1. The van der Waals surface area contributed by atoms with Gasteiger partial charge in [-0.3, -0.25) is 0 Å². The number of benzene rings is 1. The largest absolute Gasteiger partial charge is 0.395 e. The first-order valence-electron chi connectivity index (χ1n) is 7.55. The van der Waals surface area contributed by atoms with Crippen molar-refractivity contribution in [2.75, 3.05) is 43.1 Å². The maximum absolute atomic E-state index is 8.88. The summed E-state index contributed by atoms with van der Waals surface area (Å²) < 4.78 is 5.87. The van der Waals surface area contributed by atoms with E-state index >= 15 is 0 Å². The summed E-state index contributed by atoms with van der Waals surface area (Å²) >= 11 is 5.94. The van der Waals surface area contributed by atoms with E-state index in [9.17, 15) is 0 Å². The molecule has 0 radical (unpaired) electrons. The molecular formula is C16H19ClN4O2. The number of morpholine rings is 1. The van der Waals surface area contributed by atoms with Crippen LogP contribution >= 0.6 is 11.6 Å². The molecule has 6 nitrogen and oxygen atoms in total. The summed E-state index contributed by atoms with van der Waals surface area (Å²) in [5.74, 6) is 1.56. The summed E-state index contributed by atoms with van der Waals surface area (Å²) in [6.07, 6.45) is 1.52. The fraction of sp³-hybridized carbons (Fsp3) is 0.375. The number of hydrogen-bond donors (Lipinski definition) is 2. The SMILES string of the molecule is OCCNc1cc(N2CCO[C@@H](c3ccc(Cl)cc3)C2)ncn1. The fourth-order valence-corrected chi connectivity index (χ4v) is 2.66. The van der Waals surface area contributed by atoms with Crippen molar-refractivity contribution in [1.82, 2.24) is 9.97 Å². The third-order valence-electron chi connectivity index (χ3n) is 3.70. The van der Waals surface area contributed by atoms with Gasteiger partial charge in [0.15, 0.2) is 0 Å². The van der Waals surface area contributed by atoms with Crippen LogP contribution in [-0.2, 0) is 4.74 Å². The van der Waals surface area contributed by atoms with Crippen molar-refractivity contribution in [2.24, 2.45) is 0 Å². The summed E-state index contributed by atoms with van der Waals surface area (Å²) in [5, 5.41) is 12.7. The Labute approximate surface area is 140 Å². The number of ether oxygens (including phenoxy) is 1. The average molecular weight is 335 g/mol. The zero-order valence-electron chi connectivity index (χ0n) is 12.7. The summed E-state index contributed by atoms with van der Waals surface area (Å²) in [4.78, 5) is 10.7. The molecule has 2 N–H and O–H groups in total. The molecule has 0 bridgehead atoms. The molecule has 3 rings (SSSR count). The molecule has 122 valence electrons. The van der Waals surface area contributed by atoms with E-state index in [2.05, 4.69) is 20.2 Å². The van der Waals surface area contributed by atoms with Gasteiger partial charge in [0, 0.05) is 30.7 Å². The average Bonchev–Trinajstić information content (AvgIpc) is 2.61. The van der Waals surface area contributed by atoms with Crippen molar-refractivity contribution in [3.05, 3.63) is 47.2 Å². The number of aromatic nitrogens is 2. The van der Waals surface area contributed by atoms with Gasteiger partial charge in [-0.1, -0.05) is 23.7 Å². The standard InChI is InChI=1S/C16H19ClN4O2/c17-13-3-1-12(2-4-13)14-10-21(6-8-23-14)16-9-15(18-5-7-22)19-11-20-16/h1-4,9,11,14,22H,5-8,10H2,(H,18,19,20)/t14-/m1/s1. The number of nitrogens with zero attached hydrogens (tertiary/aromatic N) is 3. The number of rotatable bonds is 5. The van der Waals surface area contributed by atoms with E-state index < -0.39 is 0 Å². The Morgan fingerprint density at radius 1 is 1.30 bits per heavy atom. The molecule has 2 heterocycles. The first-order chi connectivity index (χ1) is 11.3. The molecule has 1 saturated heterocycles. The highest BCUT2D eigenvalue weighted by Gasteiger charge is 2.23. The van der Waals surface area contributed by atoms with Gasteiger partial charge in [-0.05, 0) is 17.7 Å². The lowest BCUT2D eigenvalue weighted by molar-refractivity contribution is 0.0395. The normalized spacial score (nSPS) is 18.0. The van der Waals surface area contributed by atoms with E-state index in [-0.39, 0.29) is 12.7 Å². The minimum absolute atomic E-state index is 0.00941. The van der Waals surface area contributed by atoms with Gasteiger partial charge < -0.3 is 20.1 Å². The van der Waals surface area contributed by atoms with Crippen molar-refractivity contribution >= 4 is 23.2 Å². The van der Waals surface area contributed by atoms with E-state index in [0.29, 0.717) is 19.0 Å². The van der Waals surface area contributed by atoms with Crippen molar-refractivity contribution < 1.29 is 9.84 Å². The fourth-order valence-electron chi connectivity index (χ4n) is 2.54. The predicted octanol–water partition coefficient (Wildman–Crippen LogP) is 2.11. The molecule has 0 spiro atoms. The molecule has 0 aliphatic carbocycles. The minimum Gasteiger partial charge on any atom is -0.395 e. The van der Waals surface area contributed by atoms with E-state index in [4.69, 9.17) is 21.4 Å². The van der Waals surface area contributed by atoms with Gasteiger partial charge >= 0.3 is 0 Å². The second kappa shape index (κ2) is 7.59. The molecule has 1 atom stereocenters. The number of aliphatic hydroxyl groups excluding tert-OH is 1. The first-order valence-corrected chi connectivity index (χ1v) is 7.93. The summed E-state index contributed by atoms with van der Waals surface area (Å²) in [6.45, 7) is 2.66. The van der Waals surface area contributed by atoms with Gasteiger partial charge in [0.05, 0.1) is 13.2 Å². The second-order valence-corrected chi connectivity index (χ2v) is 5.71. The number of nitrogens with one attached hydrogen (secondary N) is 1. The Morgan fingerprint density at radius 2 is 2.13 bits per heavy atom. The first kappa shape index (κ1) is 16.0. The lowest BCUT2D eigenvalue weighted by atomic mass is 10.1. The molecule has 1 aliphatic heterocycles. The molecule has 1 aliphatic rings. The Hall–Kier alpha value is -1.89. The number of hydrogen-bond acceptors (Lipinski definition) is 6. The Balaban J connectivity index is 1.72. The molecule has 1 aromatic carbocycles. The van der Waals surface area contributed by atoms with Crippen LogP contribution in [0.3, 0.4) is 0 Å². The van der Waals surface area contributed by atoms with Crippen LogP contribution in [0.2, 0.25) is 5.02 Å². The lowest BCUT2D eigenvalue weighted by Crippen LogP contribution is -2.38. The predicted molar refractivity (Wildman–Crippen MR) is 90.0 cm³/mol. The zero-order valence-corrected chi connectivity index (χ0v) is 13.4. The number of aliphatic hydroxyl groups is 1. The highest BCUT2D eigenvalue weighted by atomic mass is 35.5. The molecule has 0 saturated carbocycles. The van der Waals surface area contributed by atoms with Gasteiger partial charge in [-0.2, -0.15) is 0 Å². The maximum Gasteiger partial charge on any atom is 0.134 e. The molecule has 7 heteroatoms. The minimum atomic E-state index is -0.00941. The van der Waals surface area contributed by atoms with E-state index in [0.717, 1.165) is 29.5 Å². The second-order valence-electron chi connectivity index (χ2n) is 5.27. The monoisotopic (exact) mass is 334 g/mol. The smallest absolute Gasteiger partial charge is 0.134 e. The molecule has 23 heavy (non-hydrogen) atoms. The van der Waals surface area contributed by atoms with Crippen LogP contribution in [0.4, 0.5) is 11.6 Å². The quantitative estimate of drug-likeness (QED) is 0.872. The highest BCUT2D eigenvalue weighted by Crippen LogP contribution is 2.26. The van der Waals surface area contributed by atoms with Gasteiger partial charge in [0.25, 0.3) is 0 Å². The van der Waals surface area contributed by atoms with Crippen molar-refractivity contribution in [1.29, 1.82) is 0 Å². The Morgan fingerprint density at radius 3 is 2.91 bits per heavy atom. The number of anilines is 2. The van der Waals surface area contributed by atoms with Crippen LogP contribution in [0.1, 0.15) is 11.7 Å². The third-order valence-corrected chi connectivity index (χ3v) is 3.95. The lowest BCUT2D eigenvalue weighted by Gasteiger charge is -2.34. The van der Waals surface area contributed by atoms with E-state index in [1.807, 2.05) is 30.3 Å². The molecule has 2 aromatic rings. The van der Waals surface area contributed by atoms with Gasteiger partial charge in [0.2, 0.25) is 0 Å². The van der Waals surface area contributed by atoms with Crippen molar-refractivity contribution in [3.63, 3.8) is 0 Å². The van der Waals surface area contributed by atoms with Crippen molar-refractivity contribution in [2.45, 2.75) is 6.10 Å². The third kappa shape index (κ3) is 4.10. The molecule has 1 aromatic heterocycles.